The molecule has 0 saturated heterocycles. The fourth-order valence-electron chi connectivity index (χ4n) is 1.93. The molecule has 94 valence electrons. The molecule has 0 aliphatic carbocycles. The van der Waals surface area contributed by atoms with E-state index in [1.165, 1.54) is 0 Å². The van der Waals surface area contributed by atoms with E-state index in [-0.39, 0.29) is 11.9 Å². The van der Waals surface area contributed by atoms with Crippen LogP contribution in [0.1, 0.15) is 43.9 Å². The highest BCUT2D eigenvalue weighted by atomic mass is 19.1. The Morgan fingerprint density at radius 2 is 2.18 bits per heavy atom. The minimum absolute atomic E-state index is 0.0802. The summed E-state index contributed by atoms with van der Waals surface area (Å²) in [5.41, 5.74) is 3.01. The van der Waals surface area contributed by atoms with Gasteiger partial charge in [-0.25, -0.2) is 4.39 Å². The van der Waals surface area contributed by atoms with Gasteiger partial charge in [0, 0.05) is 11.6 Å². The minimum atomic E-state index is -0.122. The average Bonchev–Trinajstić information content (AvgIpc) is 2.27. The van der Waals surface area contributed by atoms with Crippen molar-refractivity contribution in [3.63, 3.8) is 0 Å². The predicted octanol–water partition coefficient (Wildman–Crippen LogP) is 4.14. The first-order valence-corrected chi connectivity index (χ1v) is 6.18. The van der Waals surface area contributed by atoms with Gasteiger partial charge in [-0.3, -0.25) is 0 Å². The van der Waals surface area contributed by atoms with E-state index in [2.05, 4.69) is 11.9 Å². The third-order valence-electron chi connectivity index (χ3n) is 2.84. The van der Waals surface area contributed by atoms with Gasteiger partial charge in [0.05, 0.1) is 0 Å². The second kappa shape index (κ2) is 6.55. The topological polar surface area (TPSA) is 12.0 Å². The van der Waals surface area contributed by atoms with Crippen molar-refractivity contribution in [2.24, 2.45) is 0 Å². The van der Waals surface area contributed by atoms with Crippen molar-refractivity contribution in [2.45, 2.75) is 39.7 Å². The summed E-state index contributed by atoms with van der Waals surface area (Å²) in [6.07, 6.45) is 1.81. The van der Waals surface area contributed by atoms with Crippen LogP contribution in [0.4, 0.5) is 4.39 Å². The van der Waals surface area contributed by atoms with E-state index in [1.54, 1.807) is 12.1 Å². The highest BCUT2D eigenvalue weighted by Crippen LogP contribution is 2.24. The maximum atomic E-state index is 13.8. The third kappa shape index (κ3) is 4.31. The van der Waals surface area contributed by atoms with Crippen LogP contribution in [0.15, 0.2) is 30.4 Å². The van der Waals surface area contributed by atoms with Crippen molar-refractivity contribution >= 4 is 0 Å². The molecule has 1 aromatic rings. The molecule has 0 saturated carbocycles. The standard InChI is InChI=1S/C15H22FN/c1-5-17-15(9-6-11(2)3)13-10-12(4)7-8-14(13)16/h7-8,10,15,17H,2,5-6,9H2,1,3-4H3. The molecule has 1 unspecified atom stereocenters. The predicted molar refractivity (Wildman–Crippen MR) is 71.6 cm³/mol. The van der Waals surface area contributed by atoms with Gasteiger partial charge in [0.2, 0.25) is 0 Å². The molecule has 0 heterocycles. The van der Waals surface area contributed by atoms with Crippen LogP contribution in [0.5, 0.6) is 0 Å². The molecule has 1 nitrogen and oxygen atoms in total. The van der Waals surface area contributed by atoms with Crippen LogP contribution in [0.2, 0.25) is 0 Å². The Kier molecular flexibility index (Phi) is 5.36. The number of hydrogen-bond donors (Lipinski definition) is 1. The van der Waals surface area contributed by atoms with E-state index in [4.69, 9.17) is 0 Å². The first-order chi connectivity index (χ1) is 8.04. The van der Waals surface area contributed by atoms with Crippen molar-refractivity contribution in [1.29, 1.82) is 0 Å². The smallest absolute Gasteiger partial charge is 0.127 e. The number of nitrogens with one attached hydrogen (secondary N) is 1. The van der Waals surface area contributed by atoms with Gasteiger partial charge in [-0.05, 0) is 39.3 Å². The van der Waals surface area contributed by atoms with Crippen LogP contribution in [-0.2, 0) is 0 Å². The SMILES string of the molecule is C=C(C)CCC(NCC)c1cc(C)ccc1F. The molecule has 1 N–H and O–H groups in total. The van der Waals surface area contributed by atoms with Gasteiger partial charge in [0.1, 0.15) is 5.82 Å². The highest BCUT2D eigenvalue weighted by molar-refractivity contribution is 5.27. The molecule has 17 heavy (non-hydrogen) atoms. The van der Waals surface area contributed by atoms with Crippen molar-refractivity contribution in [3.8, 4) is 0 Å². The number of benzene rings is 1. The molecule has 2 heteroatoms. The molecule has 0 spiro atoms. The molecule has 0 bridgehead atoms. The Morgan fingerprint density at radius 3 is 2.76 bits per heavy atom. The lowest BCUT2D eigenvalue weighted by Gasteiger charge is -2.19. The molecular formula is C15H22FN. The summed E-state index contributed by atoms with van der Waals surface area (Å²) in [5, 5.41) is 3.34. The van der Waals surface area contributed by atoms with Gasteiger partial charge >= 0.3 is 0 Å². The maximum absolute atomic E-state index is 13.8. The highest BCUT2D eigenvalue weighted by Gasteiger charge is 2.14. The van der Waals surface area contributed by atoms with E-state index < -0.39 is 0 Å². The zero-order valence-corrected chi connectivity index (χ0v) is 11.0. The summed E-state index contributed by atoms with van der Waals surface area (Å²) in [6.45, 7) is 10.8. The van der Waals surface area contributed by atoms with E-state index in [9.17, 15) is 4.39 Å². The average molecular weight is 235 g/mol. The second-order valence-electron chi connectivity index (χ2n) is 4.63. The molecule has 1 atom stereocenters. The third-order valence-corrected chi connectivity index (χ3v) is 2.84. The van der Waals surface area contributed by atoms with Crippen LogP contribution in [0, 0.1) is 12.7 Å². The number of hydrogen-bond acceptors (Lipinski definition) is 1. The lowest BCUT2D eigenvalue weighted by Crippen LogP contribution is -2.22. The molecule has 0 fully saturated rings. The van der Waals surface area contributed by atoms with Crippen LogP contribution in [0.25, 0.3) is 0 Å². The lowest BCUT2D eigenvalue weighted by atomic mass is 9.98. The second-order valence-corrected chi connectivity index (χ2v) is 4.63. The van der Waals surface area contributed by atoms with Crippen molar-refractivity contribution < 1.29 is 4.39 Å². The van der Waals surface area contributed by atoms with Gasteiger partial charge in [-0.2, -0.15) is 0 Å². The Morgan fingerprint density at radius 1 is 1.47 bits per heavy atom. The summed E-state index contributed by atoms with van der Waals surface area (Å²) in [4.78, 5) is 0. The molecule has 0 aliphatic rings. The van der Waals surface area contributed by atoms with Gasteiger partial charge in [-0.1, -0.05) is 30.2 Å². The van der Waals surface area contributed by atoms with Gasteiger partial charge in [-0.15, -0.1) is 6.58 Å². The fourth-order valence-corrected chi connectivity index (χ4v) is 1.93. The Bertz CT molecular complexity index is 385. The molecule has 0 amide bonds. The zero-order valence-electron chi connectivity index (χ0n) is 11.0. The molecule has 1 aromatic carbocycles. The quantitative estimate of drug-likeness (QED) is 0.731. The van der Waals surface area contributed by atoms with E-state index in [1.807, 2.05) is 26.8 Å². The summed E-state index contributed by atoms with van der Waals surface area (Å²) >= 11 is 0. The minimum Gasteiger partial charge on any atom is -0.310 e. The summed E-state index contributed by atoms with van der Waals surface area (Å²) in [7, 11) is 0. The molecule has 1 rings (SSSR count). The molecular weight excluding hydrogens is 213 g/mol. The maximum Gasteiger partial charge on any atom is 0.127 e. The number of aryl methyl sites for hydroxylation is 1. The monoisotopic (exact) mass is 235 g/mol. The Hall–Kier alpha value is -1.15. The number of allylic oxidation sites excluding steroid dienone is 1. The Labute approximate surface area is 104 Å². The van der Waals surface area contributed by atoms with Crippen molar-refractivity contribution in [3.05, 3.63) is 47.3 Å². The van der Waals surface area contributed by atoms with Crippen LogP contribution < -0.4 is 5.32 Å². The van der Waals surface area contributed by atoms with Gasteiger partial charge < -0.3 is 5.32 Å². The molecule has 0 radical (unpaired) electrons. The van der Waals surface area contributed by atoms with Crippen LogP contribution in [-0.4, -0.2) is 6.54 Å². The van der Waals surface area contributed by atoms with E-state index >= 15 is 0 Å². The normalized spacial score (nSPS) is 12.5. The van der Waals surface area contributed by atoms with Crippen molar-refractivity contribution in [1.82, 2.24) is 5.32 Å². The first kappa shape index (κ1) is 13.9. The largest absolute Gasteiger partial charge is 0.310 e. The van der Waals surface area contributed by atoms with E-state index in [0.717, 1.165) is 36.1 Å². The zero-order chi connectivity index (χ0) is 12.8. The van der Waals surface area contributed by atoms with Crippen LogP contribution >= 0.6 is 0 Å². The van der Waals surface area contributed by atoms with Crippen LogP contribution in [0.3, 0.4) is 0 Å². The first-order valence-electron chi connectivity index (χ1n) is 6.18. The van der Waals surface area contributed by atoms with E-state index in [0.29, 0.717) is 0 Å². The Balaban J connectivity index is 2.87. The van der Waals surface area contributed by atoms with Gasteiger partial charge in [0.15, 0.2) is 0 Å². The number of halogens is 1. The lowest BCUT2D eigenvalue weighted by molar-refractivity contribution is 0.484. The number of rotatable bonds is 6. The summed E-state index contributed by atoms with van der Waals surface area (Å²) in [6, 6.07) is 5.37. The molecule has 0 aromatic heterocycles. The van der Waals surface area contributed by atoms with Gasteiger partial charge in [0.25, 0.3) is 0 Å². The summed E-state index contributed by atoms with van der Waals surface area (Å²) < 4.78 is 13.8. The molecule has 0 aliphatic heterocycles. The fraction of sp³-hybridized carbons (Fsp3) is 0.467. The van der Waals surface area contributed by atoms with Crippen molar-refractivity contribution in [2.75, 3.05) is 6.54 Å². The summed E-state index contributed by atoms with van der Waals surface area (Å²) in [5.74, 6) is -0.122.